The summed E-state index contributed by atoms with van der Waals surface area (Å²) in [6.45, 7) is 3.74. The molecule has 3 heterocycles. The van der Waals surface area contributed by atoms with Crippen LogP contribution in [0.4, 0.5) is 0 Å². The standard InChI is InChI=1S/C25H30N4O4/c1-16(30)28-18(13-17-7-4-3-5-8-17)19-14-25(2)20(28)9-6-10-21(25)29(19)23(32)15-27-12-11-22(31)26-24(27)33/h3-5,7-8,11-12,18-21H,6,9-10,13-15H2,1-2H3,(H,26,31,33)/t18-,19+,20-,21+,25-/m1/s1. The highest BCUT2D eigenvalue weighted by atomic mass is 16.2. The molecule has 1 saturated carbocycles. The number of hydrogen-bond acceptors (Lipinski definition) is 4. The van der Waals surface area contributed by atoms with Crippen molar-refractivity contribution >= 4 is 11.8 Å². The zero-order valence-corrected chi connectivity index (χ0v) is 19.1. The number of nitrogens with zero attached hydrogens (tertiary/aromatic N) is 3. The molecular weight excluding hydrogens is 420 g/mol. The van der Waals surface area contributed by atoms with Crippen molar-refractivity contribution in [2.45, 2.75) is 76.7 Å². The Morgan fingerprint density at radius 3 is 2.42 bits per heavy atom. The predicted octanol–water partition coefficient (Wildman–Crippen LogP) is 1.54. The Balaban J connectivity index is 1.54. The molecule has 5 atom stereocenters. The number of aromatic nitrogens is 2. The Labute approximate surface area is 192 Å². The van der Waals surface area contributed by atoms with Gasteiger partial charge in [0.05, 0.1) is 12.1 Å². The van der Waals surface area contributed by atoms with Crippen molar-refractivity contribution in [1.82, 2.24) is 19.4 Å². The number of rotatable bonds is 4. The minimum Gasteiger partial charge on any atom is -0.334 e. The van der Waals surface area contributed by atoms with Gasteiger partial charge in [0, 0.05) is 36.7 Å². The lowest BCUT2D eigenvalue weighted by molar-refractivity contribution is -0.143. The second-order valence-electron chi connectivity index (χ2n) is 9.96. The van der Waals surface area contributed by atoms with Gasteiger partial charge in [-0.15, -0.1) is 0 Å². The third-order valence-electron chi connectivity index (χ3n) is 8.10. The molecule has 2 amide bonds. The maximum absolute atomic E-state index is 13.7. The van der Waals surface area contributed by atoms with E-state index in [4.69, 9.17) is 0 Å². The molecule has 2 saturated heterocycles. The summed E-state index contributed by atoms with van der Waals surface area (Å²) in [6.07, 6.45) is 5.73. The minimum atomic E-state index is -0.586. The fourth-order valence-corrected chi connectivity index (χ4v) is 6.79. The number of carbonyl (C=O) groups excluding carboxylic acids is 2. The lowest BCUT2D eigenvalue weighted by Gasteiger charge is -2.52. The first-order valence-electron chi connectivity index (χ1n) is 11.7. The monoisotopic (exact) mass is 450 g/mol. The first-order chi connectivity index (χ1) is 15.8. The van der Waals surface area contributed by atoms with E-state index in [9.17, 15) is 19.2 Å². The quantitative estimate of drug-likeness (QED) is 0.764. The number of likely N-dealkylation sites (tertiary alicyclic amines) is 2. The first kappa shape index (κ1) is 21.7. The Kier molecular flexibility index (Phi) is 5.26. The molecule has 3 fully saturated rings. The lowest BCUT2D eigenvalue weighted by Crippen LogP contribution is -2.62. The fourth-order valence-electron chi connectivity index (χ4n) is 6.79. The Hall–Kier alpha value is -3.16. The zero-order chi connectivity index (χ0) is 23.3. The van der Waals surface area contributed by atoms with Gasteiger partial charge in [0.2, 0.25) is 11.8 Å². The van der Waals surface area contributed by atoms with E-state index in [1.165, 1.54) is 16.8 Å². The number of hydrogen-bond donors (Lipinski definition) is 1. The van der Waals surface area contributed by atoms with Crippen LogP contribution in [-0.2, 0) is 22.6 Å². The molecule has 1 N–H and O–H groups in total. The summed E-state index contributed by atoms with van der Waals surface area (Å²) in [7, 11) is 0. The van der Waals surface area contributed by atoms with E-state index in [1.54, 1.807) is 6.92 Å². The summed E-state index contributed by atoms with van der Waals surface area (Å²) < 4.78 is 1.25. The number of amides is 2. The number of nitrogens with one attached hydrogen (secondary N) is 1. The lowest BCUT2D eigenvalue weighted by atomic mass is 9.64. The molecule has 1 aliphatic carbocycles. The largest absolute Gasteiger partial charge is 0.334 e. The highest BCUT2D eigenvalue weighted by molar-refractivity contribution is 5.79. The predicted molar refractivity (Wildman–Crippen MR) is 123 cm³/mol. The van der Waals surface area contributed by atoms with E-state index in [0.717, 1.165) is 31.2 Å². The van der Waals surface area contributed by atoms with E-state index in [2.05, 4.69) is 28.9 Å². The maximum Gasteiger partial charge on any atom is 0.328 e. The van der Waals surface area contributed by atoms with Crippen molar-refractivity contribution in [2.75, 3.05) is 0 Å². The summed E-state index contributed by atoms with van der Waals surface area (Å²) in [4.78, 5) is 56.6. The number of H-pyrrole nitrogens is 1. The number of benzene rings is 1. The van der Waals surface area contributed by atoms with Gasteiger partial charge in [0.15, 0.2) is 0 Å². The van der Waals surface area contributed by atoms with Gasteiger partial charge < -0.3 is 9.80 Å². The van der Waals surface area contributed by atoms with Crippen molar-refractivity contribution in [3.8, 4) is 0 Å². The van der Waals surface area contributed by atoms with Gasteiger partial charge in [0.1, 0.15) is 6.54 Å². The topological polar surface area (TPSA) is 95.5 Å². The van der Waals surface area contributed by atoms with Crippen molar-refractivity contribution < 1.29 is 9.59 Å². The van der Waals surface area contributed by atoms with Crippen molar-refractivity contribution in [3.05, 3.63) is 69.0 Å². The van der Waals surface area contributed by atoms with E-state index >= 15 is 0 Å². The summed E-state index contributed by atoms with van der Waals surface area (Å²) in [5, 5.41) is 0. The minimum absolute atomic E-state index is 0.0369. The molecule has 1 aromatic carbocycles. The van der Waals surface area contributed by atoms with Crippen molar-refractivity contribution in [1.29, 1.82) is 0 Å². The van der Waals surface area contributed by atoms with Gasteiger partial charge in [-0.25, -0.2) is 4.79 Å². The van der Waals surface area contributed by atoms with Crippen molar-refractivity contribution in [2.24, 2.45) is 5.41 Å². The van der Waals surface area contributed by atoms with Gasteiger partial charge >= 0.3 is 5.69 Å². The Morgan fingerprint density at radius 1 is 1.06 bits per heavy atom. The Morgan fingerprint density at radius 2 is 1.76 bits per heavy atom. The highest BCUT2D eigenvalue weighted by Crippen LogP contribution is 2.56. The second kappa shape index (κ2) is 8.01. The third-order valence-corrected chi connectivity index (χ3v) is 8.10. The third kappa shape index (κ3) is 3.52. The molecule has 2 aliphatic heterocycles. The average Bonchev–Trinajstić information content (AvgIpc) is 3.08. The maximum atomic E-state index is 13.7. The molecule has 2 bridgehead atoms. The van der Waals surface area contributed by atoms with Gasteiger partial charge in [0.25, 0.3) is 5.56 Å². The summed E-state index contributed by atoms with van der Waals surface area (Å²) in [6, 6.07) is 11.3. The second-order valence-corrected chi connectivity index (χ2v) is 9.96. The molecule has 0 spiro atoms. The van der Waals surface area contributed by atoms with Crippen LogP contribution in [0.15, 0.2) is 52.2 Å². The highest BCUT2D eigenvalue weighted by Gasteiger charge is 2.64. The molecule has 8 heteroatoms. The number of fused-ring (bicyclic) bond motifs is 1. The SMILES string of the molecule is CC(=O)N1[C@H](Cc2ccccc2)[C@@H]2C[C@@]3(C)[C@H](CCC[C@@H]13)N2C(=O)Cn1ccc(=O)[nH]c1=O. The van der Waals surface area contributed by atoms with Gasteiger partial charge in [-0.1, -0.05) is 37.3 Å². The van der Waals surface area contributed by atoms with Gasteiger partial charge in [-0.2, -0.15) is 0 Å². The molecule has 2 aromatic rings. The summed E-state index contributed by atoms with van der Waals surface area (Å²) in [5.41, 5.74) is -0.0867. The number of carbonyl (C=O) groups is 2. The van der Waals surface area contributed by atoms with Crippen LogP contribution >= 0.6 is 0 Å². The van der Waals surface area contributed by atoms with Crippen LogP contribution in [0.1, 0.15) is 45.1 Å². The van der Waals surface area contributed by atoms with E-state index in [1.807, 2.05) is 23.1 Å². The van der Waals surface area contributed by atoms with Crippen LogP contribution in [0.25, 0.3) is 0 Å². The van der Waals surface area contributed by atoms with Crippen LogP contribution < -0.4 is 11.2 Å². The molecular formula is C25H30N4O4. The van der Waals surface area contributed by atoms with Crippen LogP contribution in [0.3, 0.4) is 0 Å². The number of piperidine rings is 1. The van der Waals surface area contributed by atoms with Gasteiger partial charge in [-0.3, -0.25) is 23.9 Å². The summed E-state index contributed by atoms with van der Waals surface area (Å²) >= 11 is 0. The van der Waals surface area contributed by atoms with Crippen LogP contribution in [-0.4, -0.2) is 55.3 Å². The molecule has 174 valence electrons. The van der Waals surface area contributed by atoms with E-state index in [0.29, 0.717) is 6.42 Å². The smallest absolute Gasteiger partial charge is 0.328 e. The molecule has 8 nitrogen and oxygen atoms in total. The summed E-state index contributed by atoms with van der Waals surface area (Å²) in [5.74, 6) is -0.0735. The molecule has 0 unspecified atom stereocenters. The van der Waals surface area contributed by atoms with Crippen LogP contribution in [0.2, 0.25) is 0 Å². The zero-order valence-electron chi connectivity index (χ0n) is 19.1. The normalized spacial score (nSPS) is 30.4. The van der Waals surface area contributed by atoms with Crippen molar-refractivity contribution in [3.63, 3.8) is 0 Å². The fraction of sp³-hybridized carbons (Fsp3) is 0.520. The molecule has 0 radical (unpaired) electrons. The number of aromatic amines is 1. The molecule has 5 rings (SSSR count). The van der Waals surface area contributed by atoms with Gasteiger partial charge in [-0.05, 0) is 37.7 Å². The first-order valence-corrected chi connectivity index (χ1v) is 11.7. The van der Waals surface area contributed by atoms with Crippen LogP contribution in [0.5, 0.6) is 0 Å². The molecule has 1 aromatic heterocycles. The Bertz CT molecular complexity index is 1190. The van der Waals surface area contributed by atoms with E-state index in [-0.39, 0.29) is 47.9 Å². The average molecular weight is 451 g/mol. The molecule has 3 aliphatic rings. The van der Waals surface area contributed by atoms with E-state index < -0.39 is 11.2 Å². The molecule has 33 heavy (non-hydrogen) atoms. The van der Waals surface area contributed by atoms with Crippen LogP contribution in [0, 0.1) is 5.41 Å².